The van der Waals surface area contributed by atoms with Gasteiger partial charge >= 0.3 is 38.9 Å². The quantitative estimate of drug-likeness (QED) is 0.336. The normalized spacial score (nSPS) is 4.80. The van der Waals surface area contributed by atoms with Gasteiger partial charge in [-0.3, -0.25) is 0 Å². The molecule has 0 aliphatic carbocycles. The molecule has 0 fully saturated rings. The molecule has 0 aromatic carbocycles. The Balaban J connectivity index is -0.0000000300. The van der Waals surface area contributed by atoms with E-state index in [4.69, 9.17) is 30.6 Å². The molecule has 0 unspecified atom stereocenters. The van der Waals surface area contributed by atoms with Crippen molar-refractivity contribution >= 4 is 0 Å². The van der Waals surface area contributed by atoms with Crippen molar-refractivity contribution in [2.24, 2.45) is 0 Å². The van der Waals surface area contributed by atoms with Gasteiger partial charge in [0.25, 0.3) is 0 Å². The van der Waals surface area contributed by atoms with E-state index in [9.17, 15) is 0 Å². The van der Waals surface area contributed by atoms with Gasteiger partial charge in [0.1, 0.15) is 0 Å². The molecule has 0 amide bonds. The van der Waals surface area contributed by atoms with Gasteiger partial charge in [-0.25, -0.2) is 0 Å². The molecule has 0 aliphatic heterocycles. The third kappa shape index (κ3) is 2500. The Kier molecular flexibility index (Phi) is 35.9. The zero-order chi connectivity index (χ0) is 7.15. The van der Waals surface area contributed by atoms with E-state index < -0.39 is 10.2 Å². The van der Waals surface area contributed by atoms with Crippen molar-refractivity contribution in [1.82, 2.24) is 0 Å². The predicted octanol–water partition coefficient (Wildman–Crippen LogP) is -0.483. The molecule has 0 aliphatic rings. The summed E-state index contributed by atoms with van der Waals surface area (Å²) in [6.07, 6.45) is 0. The van der Waals surface area contributed by atoms with Crippen LogP contribution in [0.4, 0.5) is 0 Å². The molecule has 0 radical (unpaired) electrons. The van der Waals surface area contributed by atoms with Gasteiger partial charge in [-0.05, 0) is 0 Å². The zero-order valence-electron chi connectivity index (χ0n) is 3.96. The molecule has 0 heterocycles. The van der Waals surface area contributed by atoms with E-state index in [0.717, 1.165) is 0 Å². The van der Waals surface area contributed by atoms with Crippen molar-refractivity contribution < 1.29 is 49.0 Å². The van der Waals surface area contributed by atoms with Gasteiger partial charge in [-0.2, -0.15) is 0 Å². The smallest absolute Gasteiger partial charge is 0.356 e. The van der Waals surface area contributed by atoms with Crippen LogP contribution in [0.5, 0.6) is 0 Å². The summed E-state index contributed by atoms with van der Waals surface area (Å²) >= 11 is 0. The molecule has 10 heavy (non-hydrogen) atoms. The molecule has 10 heteroatoms. The Hall–Kier alpha value is -0.366. The molecule has 0 saturated carbocycles. The van der Waals surface area contributed by atoms with Gasteiger partial charge in [0.05, 0.1) is 10.2 Å². The standard InChI is InChI=1S/Ag.2NO3.Ni/c;2*2-1(3)4;/q+1;2*-1;+2. The summed E-state index contributed by atoms with van der Waals surface area (Å²) in [4.78, 5) is 16.5. The van der Waals surface area contributed by atoms with Crippen LogP contribution in [0.2, 0.25) is 0 Å². The second kappa shape index (κ2) is 15.9. The number of nitrogens with zero attached hydrogens (tertiary/aromatic N) is 2. The summed E-state index contributed by atoms with van der Waals surface area (Å²) in [6, 6.07) is 0. The van der Waals surface area contributed by atoms with Gasteiger partial charge < -0.3 is 30.6 Å². The van der Waals surface area contributed by atoms with E-state index in [-0.39, 0.29) is 38.9 Å². The Morgan fingerprint density at radius 2 is 0.800 bits per heavy atom. The first-order valence-corrected chi connectivity index (χ1v) is 1.10. The van der Waals surface area contributed by atoms with Gasteiger partial charge in [0.2, 0.25) is 0 Å². The summed E-state index contributed by atoms with van der Waals surface area (Å²) in [6.45, 7) is 0. The SMILES string of the molecule is O=[N+]([O-])[O-].O=[N+]([O-])[O-].[Ag+].[Ni+2]. The van der Waals surface area contributed by atoms with Crippen molar-refractivity contribution in [3.05, 3.63) is 30.6 Å². The molecule has 0 saturated heterocycles. The fourth-order valence-electron chi connectivity index (χ4n) is 0. The Morgan fingerprint density at radius 3 is 0.800 bits per heavy atom. The maximum Gasteiger partial charge on any atom is 2.00 e. The van der Waals surface area contributed by atoms with Crippen LogP contribution in [0.1, 0.15) is 0 Å². The molecule has 0 atom stereocenters. The molecule has 0 N–H and O–H groups in total. The Labute approximate surface area is 79.9 Å². The summed E-state index contributed by atoms with van der Waals surface area (Å²) in [7, 11) is 0. The first kappa shape index (κ1) is 22.6. The average Bonchev–Trinajstić information content (AvgIpc) is 1.25. The van der Waals surface area contributed by atoms with Crippen LogP contribution < -0.4 is 0 Å². The Morgan fingerprint density at radius 1 is 0.800 bits per heavy atom. The summed E-state index contributed by atoms with van der Waals surface area (Å²) in [5, 5.41) is 29.5. The second-order valence-electron chi connectivity index (χ2n) is 0.447. The Bertz CT molecular complexity index is 73.7. The minimum Gasteiger partial charge on any atom is -0.356 e. The van der Waals surface area contributed by atoms with E-state index in [2.05, 4.69) is 0 Å². The van der Waals surface area contributed by atoms with Gasteiger partial charge in [0.15, 0.2) is 0 Å². The van der Waals surface area contributed by atoms with E-state index in [1.807, 2.05) is 0 Å². The maximum absolute atomic E-state index is 8.25. The molecular weight excluding hydrogens is 291 g/mol. The topological polar surface area (TPSA) is 132 Å². The first-order chi connectivity index (χ1) is 3.46. The molecule has 0 bridgehead atoms. The predicted molar refractivity (Wildman–Crippen MR) is 20.7 cm³/mol. The van der Waals surface area contributed by atoms with Crippen molar-refractivity contribution in [3.8, 4) is 0 Å². The van der Waals surface area contributed by atoms with Crippen LogP contribution in [0.3, 0.4) is 0 Å². The van der Waals surface area contributed by atoms with E-state index in [0.29, 0.717) is 0 Å². The average molecular weight is 291 g/mol. The van der Waals surface area contributed by atoms with E-state index in [1.54, 1.807) is 0 Å². The number of rotatable bonds is 0. The monoisotopic (exact) mass is 289 g/mol. The van der Waals surface area contributed by atoms with Crippen molar-refractivity contribution in [2.75, 3.05) is 0 Å². The van der Waals surface area contributed by atoms with Crippen molar-refractivity contribution in [3.63, 3.8) is 0 Å². The van der Waals surface area contributed by atoms with Crippen LogP contribution in [0.25, 0.3) is 0 Å². The van der Waals surface area contributed by atoms with Crippen LogP contribution >= 0.6 is 0 Å². The maximum atomic E-state index is 8.25. The molecule has 66 valence electrons. The van der Waals surface area contributed by atoms with Gasteiger partial charge in [0, 0.05) is 0 Å². The number of hydrogen-bond donors (Lipinski definition) is 0. The summed E-state index contributed by atoms with van der Waals surface area (Å²) in [5.41, 5.74) is 0. The van der Waals surface area contributed by atoms with Crippen molar-refractivity contribution in [1.29, 1.82) is 0 Å². The van der Waals surface area contributed by atoms with E-state index in [1.165, 1.54) is 0 Å². The van der Waals surface area contributed by atoms with Gasteiger partial charge in [-0.15, -0.1) is 0 Å². The number of hydrogen-bond acceptors (Lipinski definition) is 6. The minimum atomic E-state index is -1.75. The van der Waals surface area contributed by atoms with E-state index >= 15 is 0 Å². The molecule has 0 rings (SSSR count). The van der Waals surface area contributed by atoms with Crippen LogP contribution in [0, 0.1) is 30.6 Å². The van der Waals surface area contributed by atoms with Crippen LogP contribution in [-0.2, 0) is 38.9 Å². The van der Waals surface area contributed by atoms with Crippen molar-refractivity contribution in [2.45, 2.75) is 0 Å². The fraction of sp³-hybridized carbons (Fsp3) is 0. The minimum absolute atomic E-state index is 0. The van der Waals surface area contributed by atoms with Gasteiger partial charge in [-0.1, -0.05) is 0 Å². The molecule has 8 nitrogen and oxygen atoms in total. The second-order valence-corrected chi connectivity index (χ2v) is 0.447. The molecular formula is AgN2NiO6+. The fourth-order valence-corrected chi connectivity index (χ4v) is 0. The third-order valence-electron chi connectivity index (χ3n) is 0. The van der Waals surface area contributed by atoms with Crippen LogP contribution in [-0.4, -0.2) is 10.2 Å². The molecule has 0 spiro atoms. The third-order valence-corrected chi connectivity index (χ3v) is 0. The first-order valence-electron chi connectivity index (χ1n) is 1.10. The van der Waals surface area contributed by atoms with Crippen LogP contribution in [0.15, 0.2) is 0 Å². The molecule has 0 aromatic heterocycles. The zero-order valence-corrected chi connectivity index (χ0v) is 6.43. The summed E-state index contributed by atoms with van der Waals surface area (Å²) < 4.78 is 0. The summed E-state index contributed by atoms with van der Waals surface area (Å²) in [5.74, 6) is 0. The largest absolute Gasteiger partial charge is 2.00 e. The molecule has 0 aromatic rings.